The first-order chi connectivity index (χ1) is 8.19. The lowest BCUT2D eigenvalue weighted by Crippen LogP contribution is -2.28. The Kier molecular flexibility index (Phi) is 4.43. The van der Waals surface area contributed by atoms with E-state index in [9.17, 15) is 4.79 Å². The van der Waals surface area contributed by atoms with Gasteiger partial charge in [0.25, 0.3) is 0 Å². The van der Waals surface area contributed by atoms with Crippen LogP contribution in [0.1, 0.15) is 45.4 Å². The van der Waals surface area contributed by atoms with E-state index in [-0.39, 0.29) is 18.4 Å². The Labute approximate surface area is 104 Å². The van der Waals surface area contributed by atoms with E-state index in [0.717, 1.165) is 31.3 Å². The second-order valence-electron chi connectivity index (χ2n) is 6.01. The van der Waals surface area contributed by atoms with Crippen LogP contribution in [0.25, 0.3) is 0 Å². The zero-order valence-electron chi connectivity index (χ0n) is 10.9. The zero-order chi connectivity index (χ0) is 12.3. The molecule has 1 aliphatic heterocycles. The largest absolute Gasteiger partial charge is 0.396 e. The maximum atomic E-state index is 11.7. The minimum Gasteiger partial charge on any atom is -0.396 e. The van der Waals surface area contributed by atoms with Crippen molar-refractivity contribution in [1.82, 2.24) is 4.90 Å². The summed E-state index contributed by atoms with van der Waals surface area (Å²) in [5.41, 5.74) is 0. The van der Waals surface area contributed by atoms with Gasteiger partial charge >= 0.3 is 0 Å². The number of hydrogen-bond donors (Lipinski definition) is 1. The molecule has 0 aromatic carbocycles. The lowest BCUT2D eigenvalue weighted by Gasteiger charge is -2.27. The molecule has 0 bridgehead atoms. The highest BCUT2D eigenvalue weighted by Crippen LogP contribution is 2.31. The normalized spacial score (nSPS) is 34.4. The summed E-state index contributed by atoms with van der Waals surface area (Å²) in [6.45, 7) is 4.18. The summed E-state index contributed by atoms with van der Waals surface area (Å²) in [5, 5.41) is 9.07. The summed E-state index contributed by atoms with van der Waals surface area (Å²) in [5.74, 6) is 2.16. The standard InChI is InChI=1S/C14H25NO2/c1-11-2-4-12(5-3-11)6-7-15-9-13(10-16)8-14(15)17/h11-13,16H,2-10H2,1H3. The van der Waals surface area contributed by atoms with Gasteiger partial charge in [0, 0.05) is 32.0 Å². The van der Waals surface area contributed by atoms with E-state index >= 15 is 0 Å². The summed E-state index contributed by atoms with van der Waals surface area (Å²) in [7, 11) is 0. The van der Waals surface area contributed by atoms with E-state index < -0.39 is 0 Å². The molecule has 1 N–H and O–H groups in total. The van der Waals surface area contributed by atoms with Gasteiger partial charge in [-0.3, -0.25) is 4.79 Å². The fraction of sp³-hybridized carbons (Fsp3) is 0.929. The van der Waals surface area contributed by atoms with Crippen LogP contribution in [0.4, 0.5) is 0 Å². The number of likely N-dealkylation sites (tertiary alicyclic amines) is 1. The number of hydrogen-bond acceptors (Lipinski definition) is 2. The number of aliphatic hydroxyl groups excluding tert-OH is 1. The molecule has 1 saturated heterocycles. The number of rotatable bonds is 4. The van der Waals surface area contributed by atoms with Crippen molar-refractivity contribution in [1.29, 1.82) is 0 Å². The molecule has 3 nitrogen and oxygen atoms in total. The van der Waals surface area contributed by atoms with Crippen LogP contribution < -0.4 is 0 Å². The topological polar surface area (TPSA) is 40.5 Å². The van der Waals surface area contributed by atoms with Crippen molar-refractivity contribution in [2.24, 2.45) is 17.8 Å². The summed E-state index contributed by atoms with van der Waals surface area (Å²) in [4.78, 5) is 13.6. The number of carbonyl (C=O) groups excluding carboxylic acids is 1. The van der Waals surface area contributed by atoms with Crippen molar-refractivity contribution in [2.45, 2.75) is 45.4 Å². The van der Waals surface area contributed by atoms with Crippen molar-refractivity contribution in [2.75, 3.05) is 19.7 Å². The summed E-state index contributed by atoms with van der Waals surface area (Å²) in [6.07, 6.45) is 7.11. The molecule has 3 heteroatoms. The van der Waals surface area contributed by atoms with Gasteiger partial charge in [-0.05, 0) is 18.3 Å². The number of carbonyl (C=O) groups is 1. The molecule has 2 rings (SSSR count). The van der Waals surface area contributed by atoms with Gasteiger partial charge in [0.1, 0.15) is 0 Å². The Hall–Kier alpha value is -0.570. The predicted molar refractivity (Wildman–Crippen MR) is 67.5 cm³/mol. The minimum absolute atomic E-state index is 0.156. The highest BCUT2D eigenvalue weighted by molar-refractivity contribution is 5.78. The van der Waals surface area contributed by atoms with E-state index in [1.54, 1.807) is 0 Å². The summed E-state index contributed by atoms with van der Waals surface area (Å²) < 4.78 is 0. The Morgan fingerprint density at radius 3 is 2.53 bits per heavy atom. The smallest absolute Gasteiger partial charge is 0.223 e. The molecule has 1 unspecified atom stereocenters. The molecule has 0 aromatic rings. The Morgan fingerprint density at radius 2 is 1.94 bits per heavy atom. The number of nitrogens with zero attached hydrogens (tertiary/aromatic N) is 1. The second-order valence-corrected chi connectivity index (χ2v) is 6.01. The first-order valence-electron chi connectivity index (χ1n) is 7.07. The fourth-order valence-corrected chi connectivity index (χ4v) is 3.15. The third kappa shape index (κ3) is 3.44. The quantitative estimate of drug-likeness (QED) is 0.815. The van der Waals surface area contributed by atoms with Gasteiger partial charge in [0.2, 0.25) is 5.91 Å². The lowest BCUT2D eigenvalue weighted by molar-refractivity contribution is -0.127. The molecule has 0 spiro atoms. The van der Waals surface area contributed by atoms with Crippen LogP contribution in [0.2, 0.25) is 0 Å². The number of amides is 1. The average molecular weight is 239 g/mol. The molecule has 1 aliphatic carbocycles. The van der Waals surface area contributed by atoms with Crippen LogP contribution in [0, 0.1) is 17.8 Å². The molecular weight excluding hydrogens is 214 g/mol. The maximum absolute atomic E-state index is 11.7. The molecule has 2 aliphatic rings. The first-order valence-corrected chi connectivity index (χ1v) is 7.07. The van der Waals surface area contributed by atoms with Gasteiger partial charge < -0.3 is 10.0 Å². The molecule has 2 fully saturated rings. The summed E-state index contributed by atoms with van der Waals surface area (Å²) in [6, 6.07) is 0. The minimum atomic E-state index is 0.156. The molecule has 17 heavy (non-hydrogen) atoms. The molecule has 1 heterocycles. The molecule has 0 aromatic heterocycles. The molecule has 0 radical (unpaired) electrons. The van der Waals surface area contributed by atoms with Crippen LogP contribution in [-0.2, 0) is 4.79 Å². The molecule has 98 valence electrons. The monoisotopic (exact) mass is 239 g/mol. The van der Waals surface area contributed by atoms with E-state index in [0.29, 0.717) is 6.42 Å². The fourth-order valence-electron chi connectivity index (χ4n) is 3.15. The Balaban J connectivity index is 1.70. The Morgan fingerprint density at radius 1 is 1.24 bits per heavy atom. The summed E-state index contributed by atoms with van der Waals surface area (Å²) >= 11 is 0. The maximum Gasteiger partial charge on any atom is 0.223 e. The Bertz CT molecular complexity index is 259. The molecule has 1 amide bonds. The SMILES string of the molecule is CC1CCC(CCN2CC(CO)CC2=O)CC1. The van der Waals surface area contributed by atoms with E-state index in [1.165, 1.54) is 25.7 Å². The van der Waals surface area contributed by atoms with Crippen molar-refractivity contribution < 1.29 is 9.90 Å². The van der Waals surface area contributed by atoms with Gasteiger partial charge in [-0.15, -0.1) is 0 Å². The predicted octanol–water partition coefficient (Wildman–Crippen LogP) is 2.04. The lowest BCUT2D eigenvalue weighted by atomic mass is 9.81. The highest BCUT2D eigenvalue weighted by atomic mass is 16.3. The van der Waals surface area contributed by atoms with Gasteiger partial charge in [0.15, 0.2) is 0 Å². The molecule has 1 saturated carbocycles. The van der Waals surface area contributed by atoms with Gasteiger partial charge in [-0.1, -0.05) is 32.6 Å². The van der Waals surface area contributed by atoms with E-state index in [4.69, 9.17) is 5.11 Å². The van der Waals surface area contributed by atoms with Crippen molar-refractivity contribution in [3.05, 3.63) is 0 Å². The van der Waals surface area contributed by atoms with E-state index in [2.05, 4.69) is 6.92 Å². The van der Waals surface area contributed by atoms with Crippen LogP contribution in [0.15, 0.2) is 0 Å². The van der Waals surface area contributed by atoms with Crippen molar-refractivity contribution in [3.63, 3.8) is 0 Å². The highest BCUT2D eigenvalue weighted by Gasteiger charge is 2.29. The van der Waals surface area contributed by atoms with Crippen LogP contribution in [0.5, 0.6) is 0 Å². The van der Waals surface area contributed by atoms with Crippen molar-refractivity contribution >= 4 is 5.91 Å². The van der Waals surface area contributed by atoms with Crippen LogP contribution in [0.3, 0.4) is 0 Å². The van der Waals surface area contributed by atoms with Gasteiger partial charge in [-0.25, -0.2) is 0 Å². The zero-order valence-corrected chi connectivity index (χ0v) is 10.9. The third-order valence-electron chi connectivity index (χ3n) is 4.50. The third-order valence-corrected chi connectivity index (χ3v) is 4.50. The van der Waals surface area contributed by atoms with E-state index in [1.807, 2.05) is 4.90 Å². The van der Waals surface area contributed by atoms with Gasteiger partial charge in [0.05, 0.1) is 0 Å². The van der Waals surface area contributed by atoms with Crippen molar-refractivity contribution in [3.8, 4) is 0 Å². The number of aliphatic hydroxyl groups is 1. The van der Waals surface area contributed by atoms with Crippen LogP contribution >= 0.6 is 0 Å². The van der Waals surface area contributed by atoms with Gasteiger partial charge in [-0.2, -0.15) is 0 Å². The second kappa shape index (κ2) is 5.85. The molecule has 1 atom stereocenters. The molecular formula is C14H25NO2. The first kappa shape index (κ1) is 12.9. The van der Waals surface area contributed by atoms with Crippen LogP contribution in [-0.4, -0.2) is 35.6 Å². The average Bonchev–Trinajstić information content (AvgIpc) is 2.69.